The Hall–Kier alpha value is -0.0677. The molecule has 3 radical (unpaired) electrons. The van der Waals surface area contributed by atoms with E-state index in [9.17, 15) is 9.59 Å². The van der Waals surface area contributed by atoms with E-state index in [2.05, 4.69) is 109 Å². The zero-order valence-corrected chi connectivity index (χ0v) is 29.7. The molecule has 3 atom stereocenters. The van der Waals surface area contributed by atoms with Gasteiger partial charge in [-0.3, -0.25) is 9.59 Å². The van der Waals surface area contributed by atoms with Gasteiger partial charge in [-0.05, 0) is 124 Å². The Labute approximate surface area is 276 Å². The minimum atomic E-state index is -1.17. The van der Waals surface area contributed by atoms with Gasteiger partial charge >= 0.3 is 45.7 Å². The SMILES string of the molecule is C.CC(=O)OC1CCC(Br)c2cc(I)ccc21.CC(=O)OC1CCCc2cc(I)ccc21.[AlH2].[B]=N[S-](=[B])=N. The zero-order valence-electron chi connectivity index (χ0n) is 21.0. The first-order valence-electron chi connectivity index (χ1n) is 11.2. The molecule has 0 aliphatic heterocycles. The van der Waals surface area contributed by atoms with E-state index < -0.39 is 10.3 Å². The third-order valence-corrected chi connectivity index (χ3v) is 8.03. The Morgan fingerprint density at radius 1 is 0.974 bits per heavy atom. The second kappa shape index (κ2) is 19.1. The van der Waals surface area contributed by atoms with E-state index in [0.29, 0.717) is 4.83 Å². The molecule has 0 bridgehead atoms. The number of carbonyl (C=O) groups excluding carboxylic acids is 2. The van der Waals surface area contributed by atoms with E-state index in [1.807, 2.05) is 0 Å². The summed E-state index contributed by atoms with van der Waals surface area (Å²) in [5.74, 6) is -0.395. The molecule has 3 unspecified atom stereocenters. The van der Waals surface area contributed by atoms with E-state index in [1.54, 1.807) is 0 Å². The number of aryl methyl sites for hydroxylation is 1. The predicted octanol–water partition coefficient (Wildman–Crippen LogP) is 6.79. The Balaban J connectivity index is 0.000000588. The number of ether oxygens (including phenoxy) is 2. The average molecular weight is 839 g/mol. The first kappa shape index (κ1) is 37.9. The van der Waals surface area contributed by atoms with Gasteiger partial charge in [-0.15, -0.1) is 0 Å². The number of hydrogen-bond acceptors (Lipinski definition) is 6. The van der Waals surface area contributed by atoms with Crippen LogP contribution in [-0.2, 0) is 35.8 Å². The van der Waals surface area contributed by atoms with Crippen molar-refractivity contribution < 1.29 is 19.1 Å². The molecule has 0 spiro atoms. The van der Waals surface area contributed by atoms with E-state index in [4.69, 9.17) is 21.0 Å². The molecule has 0 amide bonds. The Kier molecular flexibility index (Phi) is 19.1. The number of nitrogens with zero attached hydrogens (tertiary/aromatic N) is 1. The number of alkyl halides is 1. The Morgan fingerprint density at radius 2 is 1.47 bits per heavy atom. The minimum absolute atomic E-state index is 0. The van der Waals surface area contributed by atoms with Gasteiger partial charge < -0.3 is 9.47 Å². The molecule has 38 heavy (non-hydrogen) atoms. The van der Waals surface area contributed by atoms with Crippen LogP contribution in [-0.4, -0.2) is 43.7 Å². The fourth-order valence-corrected chi connectivity index (χ4v) is 5.83. The van der Waals surface area contributed by atoms with Crippen molar-refractivity contribution in [2.45, 2.75) is 70.4 Å². The van der Waals surface area contributed by atoms with E-state index in [1.165, 1.54) is 37.7 Å². The van der Waals surface area contributed by atoms with Crippen LogP contribution in [0.25, 0.3) is 0 Å². The van der Waals surface area contributed by atoms with Gasteiger partial charge in [0.25, 0.3) is 0 Å². The fraction of sp³-hybridized carbons (Fsp3) is 0.440. The summed E-state index contributed by atoms with van der Waals surface area (Å²) in [5, 5.41) is 0. The second-order valence-electron chi connectivity index (χ2n) is 8.17. The molecule has 0 saturated heterocycles. The van der Waals surface area contributed by atoms with Crippen molar-refractivity contribution in [1.29, 1.82) is 4.78 Å². The van der Waals surface area contributed by atoms with Gasteiger partial charge in [0.1, 0.15) is 29.6 Å². The fourth-order valence-electron chi connectivity index (χ4n) is 4.10. The number of benzene rings is 2. The van der Waals surface area contributed by atoms with Gasteiger partial charge in [-0.2, -0.15) is 0 Å². The molecule has 2 aliphatic carbocycles. The molecular weight excluding hydrogens is 807 g/mol. The molecule has 13 heteroatoms. The van der Waals surface area contributed by atoms with Gasteiger partial charge in [0.2, 0.25) is 0 Å². The van der Waals surface area contributed by atoms with E-state index >= 15 is 0 Å². The van der Waals surface area contributed by atoms with Crippen LogP contribution in [0.3, 0.4) is 0 Å². The maximum absolute atomic E-state index is 11.0. The molecule has 1 N–H and O–H groups in total. The summed E-state index contributed by atoms with van der Waals surface area (Å²) in [6.45, 7) is 7.63. The van der Waals surface area contributed by atoms with Crippen molar-refractivity contribution >= 4 is 115 Å². The van der Waals surface area contributed by atoms with Gasteiger partial charge in [0, 0.05) is 25.8 Å². The van der Waals surface area contributed by atoms with Crippen molar-refractivity contribution in [2.75, 3.05) is 0 Å². The van der Waals surface area contributed by atoms with Crippen LogP contribution in [0.15, 0.2) is 40.7 Å². The summed E-state index contributed by atoms with van der Waals surface area (Å²) in [7, 11) is 3.33. The Morgan fingerprint density at radius 3 is 2.00 bits per heavy atom. The molecule has 0 heterocycles. The number of halogens is 3. The molecule has 4 rings (SSSR count). The van der Waals surface area contributed by atoms with Crippen LogP contribution < -0.4 is 0 Å². The monoisotopic (exact) mass is 838 g/mol. The van der Waals surface area contributed by atoms with Crippen molar-refractivity contribution in [3.63, 3.8) is 0 Å². The molecule has 0 fully saturated rings. The predicted molar refractivity (Wildman–Crippen MR) is 180 cm³/mol. The summed E-state index contributed by atoms with van der Waals surface area (Å²) in [6, 6.07) is 12.6. The molecular formula is C25H32AlB2BrI2N2O4S-. The molecule has 2 aromatic rings. The molecule has 0 saturated carbocycles. The van der Waals surface area contributed by atoms with Crippen LogP contribution in [0, 0.1) is 11.9 Å². The number of esters is 2. The zero-order chi connectivity index (χ0) is 26.8. The first-order valence-corrected chi connectivity index (χ1v) is 15.5. The van der Waals surface area contributed by atoms with Crippen LogP contribution >= 0.6 is 61.1 Å². The number of hydrogen-bond donors (Lipinski definition) is 1. The molecule has 203 valence electrons. The number of nitrogens with one attached hydrogen (secondary N) is 1. The maximum atomic E-state index is 11.0. The number of fused-ring (bicyclic) bond motifs is 2. The van der Waals surface area contributed by atoms with Gasteiger partial charge in [0.15, 0.2) is 0 Å². The van der Waals surface area contributed by atoms with Crippen molar-refractivity contribution in [1.82, 2.24) is 0 Å². The Bertz CT molecular complexity index is 1180. The summed E-state index contributed by atoms with van der Waals surface area (Å²) >= 11 is 8.28. The number of rotatable bonds is 3. The second-order valence-corrected chi connectivity index (χ2v) is 12.6. The molecule has 2 aliphatic rings. The quantitative estimate of drug-likeness (QED) is 0.121. The van der Waals surface area contributed by atoms with Crippen molar-refractivity contribution in [2.24, 2.45) is 4.30 Å². The standard InChI is InChI=1S/C12H12BrIO2.C12H13IO2.CH4.Al.B2HN2S.2H/c1-7(15)16-12-5-4-11(13)10-6-8(14)2-3-9(10)12;1-8(14)15-12-4-2-3-9-7-10(13)5-6-11(9)12;;;1-4-5(2)3;;/h2-3,6,11-12H,4-5H2,1H3;5-7,12H,2-4H2,1H3;1H4;;3H;;/q;;;;-1;;. The summed E-state index contributed by atoms with van der Waals surface area (Å²) in [5.41, 5.74) is 4.92. The van der Waals surface area contributed by atoms with Crippen molar-refractivity contribution in [3.8, 4) is 0 Å². The topological polar surface area (TPSA) is 88.8 Å². The summed E-state index contributed by atoms with van der Waals surface area (Å²) in [6.07, 6.45) is 4.96. The summed E-state index contributed by atoms with van der Waals surface area (Å²) < 4.78 is 22.3. The van der Waals surface area contributed by atoms with Gasteiger partial charge in [0.05, 0.1) is 0 Å². The molecule has 6 nitrogen and oxygen atoms in total. The van der Waals surface area contributed by atoms with Crippen LogP contribution in [0.1, 0.15) is 86.2 Å². The first-order chi connectivity index (χ1) is 17.0. The van der Waals surface area contributed by atoms with E-state index in [0.717, 1.165) is 37.7 Å². The average Bonchev–Trinajstić information content (AvgIpc) is 2.81. The van der Waals surface area contributed by atoms with Crippen molar-refractivity contribution in [3.05, 3.63) is 65.8 Å². The molecule has 2 aromatic carbocycles. The van der Waals surface area contributed by atoms with Gasteiger partial charge in [-0.1, -0.05) is 35.5 Å². The van der Waals surface area contributed by atoms with Gasteiger partial charge in [-0.25, -0.2) is 0 Å². The van der Waals surface area contributed by atoms with Crippen LogP contribution in [0.5, 0.6) is 0 Å². The normalized spacial score (nSPS) is 18.7. The third-order valence-electron chi connectivity index (χ3n) is 5.51. The van der Waals surface area contributed by atoms with Crippen LogP contribution in [0.2, 0.25) is 0 Å². The van der Waals surface area contributed by atoms with E-state index in [-0.39, 0.29) is 48.9 Å². The molecule has 0 aromatic heterocycles. The number of carbonyl (C=O) groups is 2. The third kappa shape index (κ3) is 12.6. The van der Waals surface area contributed by atoms with Crippen LogP contribution in [0.4, 0.5) is 0 Å². The summed E-state index contributed by atoms with van der Waals surface area (Å²) in [4.78, 5) is 22.4.